The molecule has 3 heterocycles. The van der Waals surface area contributed by atoms with Crippen LogP contribution >= 0.6 is 0 Å². The van der Waals surface area contributed by atoms with Crippen LogP contribution in [0.2, 0.25) is 0 Å². The molecule has 3 aliphatic heterocycles. The number of piperidine rings is 2. The van der Waals surface area contributed by atoms with Crippen molar-refractivity contribution in [1.82, 2.24) is 14.7 Å². The number of ether oxygens (including phenoxy) is 1. The Labute approximate surface area is 282 Å². The van der Waals surface area contributed by atoms with Gasteiger partial charge in [-0.3, -0.25) is 9.80 Å². The van der Waals surface area contributed by atoms with Crippen molar-refractivity contribution < 1.29 is 4.74 Å². The third-order valence-corrected chi connectivity index (χ3v) is 11.9. The third-order valence-electron chi connectivity index (χ3n) is 11.9. The number of rotatable bonds is 11. The average Bonchev–Trinajstić information content (AvgIpc) is 3.91. The van der Waals surface area contributed by atoms with Gasteiger partial charge in [-0.05, 0) is 138 Å². The van der Waals surface area contributed by atoms with Gasteiger partial charge in [-0.2, -0.15) is 0 Å². The minimum absolute atomic E-state index is 0.698. The number of nitrogens with zero attached hydrogens (tertiary/aromatic N) is 3. The van der Waals surface area contributed by atoms with E-state index in [1.54, 1.807) is 0 Å². The van der Waals surface area contributed by atoms with Gasteiger partial charge in [0.05, 0.1) is 13.2 Å². The molecule has 3 saturated carbocycles. The predicted molar refractivity (Wildman–Crippen MR) is 195 cm³/mol. The second-order valence-electron chi connectivity index (χ2n) is 18.2. The number of morpholine rings is 1. The van der Waals surface area contributed by atoms with Crippen LogP contribution in [-0.2, 0) is 4.74 Å². The molecule has 0 aromatic carbocycles. The van der Waals surface area contributed by atoms with E-state index in [2.05, 4.69) is 70.1 Å². The molecule has 6 aliphatic rings. The van der Waals surface area contributed by atoms with Crippen molar-refractivity contribution in [3.63, 3.8) is 0 Å². The summed E-state index contributed by atoms with van der Waals surface area (Å²) >= 11 is 0. The Bertz CT molecular complexity index is 770. The Balaban J connectivity index is 0.000000154. The summed E-state index contributed by atoms with van der Waals surface area (Å²) in [5.74, 6) is 6.52. The molecule has 6 rings (SSSR count). The highest BCUT2D eigenvalue weighted by atomic mass is 16.5. The van der Waals surface area contributed by atoms with E-state index in [1.165, 1.54) is 122 Å². The van der Waals surface area contributed by atoms with Crippen molar-refractivity contribution in [1.29, 1.82) is 0 Å². The predicted octanol–water partition coefficient (Wildman–Crippen LogP) is 9.76. The summed E-state index contributed by atoms with van der Waals surface area (Å²) in [5.41, 5.74) is 0. The lowest BCUT2D eigenvalue weighted by Crippen LogP contribution is -2.47. The molecule has 264 valence electrons. The summed E-state index contributed by atoms with van der Waals surface area (Å²) in [7, 11) is 0. The Morgan fingerprint density at radius 3 is 1.60 bits per heavy atom. The van der Waals surface area contributed by atoms with E-state index in [4.69, 9.17) is 4.74 Å². The van der Waals surface area contributed by atoms with Crippen molar-refractivity contribution in [2.75, 3.05) is 45.9 Å². The lowest BCUT2D eigenvalue weighted by atomic mass is 9.86. The summed E-state index contributed by atoms with van der Waals surface area (Å²) < 4.78 is 5.57. The van der Waals surface area contributed by atoms with Gasteiger partial charge in [-0.1, -0.05) is 68.2 Å². The van der Waals surface area contributed by atoms with E-state index in [1.807, 2.05) is 0 Å². The average molecular weight is 630 g/mol. The largest absolute Gasteiger partial charge is 0.378 e. The lowest BCUT2D eigenvalue weighted by Gasteiger charge is -2.43. The van der Waals surface area contributed by atoms with E-state index in [-0.39, 0.29) is 0 Å². The molecule has 0 radical (unpaired) electrons. The molecular weight excluding hydrogens is 550 g/mol. The standard InChI is InChI=1S/C15H29N.C14H27N.C12H23NO/c1-12(2)10-15-11-13(3)8-9-16(15)14-6-4-5-7-14;1-11(2)8-14-9-12(3)6-7-15(14)10-13-4-5-13;1-10(2)7-12-9-14-6-5-13(12)8-11-3-4-11/h12-15H,4-11H2,1-3H3;11-14H,4-10H2,1-3H3;10-12H,3-9H2,1-2H3. The number of hydrogen-bond donors (Lipinski definition) is 0. The first-order valence-electron chi connectivity index (χ1n) is 20.4. The maximum Gasteiger partial charge on any atom is 0.0622 e. The van der Waals surface area contributed by atoms with E-state index in [0.717, 1.165) is 79.3 Å². The van der Waals surface area contributed by atoms with Crippen molar-refractivity contribution in [3.05, 3.63) is 0 Å². The monoisotopic (exact) mass is 630 g/mol. The van der Waals surface area contributed by atoms with Crippen LogP contribution in [0.25, 0.3) is 0 Å². The number of hydrogen-bond acceptors (Lipinski definition) is 4. The molecule has 6 fully saturated rings. The van der Waals surface area contributed by atoms with Crippen LogP contribution in [0.3, 0.4) is 0 Å². The molecule has 45 heavy (non-hydrogen) atoms. The quantitative estimate of drug-likeness (QED) is 0.226. The van der Waals surface area contributed by atoms with Gasteiger partial charge in [0.25, 0.3) is 0 Å². The van der Waals surface area contributed by atoms with Gasteiger partial charge < -0.3 is 9.64 Å². The first-order valence-corrected chi connectivity index (χ1v) is 20.4. The molecule has 0 amide bonds. The number of likely N-dealkylation sites (tertiary alicyclic amines) is 2. The molecule has 0 aromatic heterocycles. The van der Waals surface area contributed by atoms with Gasteiger partial charge in [0.1, 0.15) is 0 Å². The fourth-order valence-electron chi connectivity index (χ4n) is 9.05. The Morgan fingerprint density at radius 1 is 0.556 bits per heavy atom. The molecular formula is C41H79N3O. The summed E-state index contributed by atoms with van der Waals surface area (Å²) in [6.45, 7) is 27.6. The van der Waals surface area contributed by atoms with E-state index in [9.17, 15) is 0 Å². The van der Waals surface area contributed by atoms with Crippen LogP contribution in [0.15, 0.2) is 0 Å². The molecule has 0 spiro atoms. The Morgan fingerprint density at radius 2 is 1.04 bits per heavy atom. The zero-order chi connectivity index (χ0) is 32.3. The van der Waals surface area contributed by atoms with Crippen LogP contribution in [-0.4, -0.2) is 84.8 Å². The van der Waals surface area contributed by atoms with Crippen LogP contribution in [0.5, 0.6) is 0 Å². The zero-order valence-electron chi connectivity index (χ0n) is 31.7. The smallest absolute Gasteiger partial charge is 0.0622 e. The first kappa shape index (κ1) is 37.7. The highest BCUT2D eigenvalue weighted by Crippen LogP contribution is 2.35. The SMILES string of the molecule is CC(C)CC1CC(C)CCN1C1CCCC1.CC(C)CC1CC(C)CCN1CC1CC1.CC(C)CC1COCCN1CC1CC1. The van der Waals surface area contributed by atoms with E-state index >= 15 is 0 Å². The van der Waals surface area contributed by atoms with Gasteiger partial charge in [-0.15, -0.1) is 0 Å². The molecule has 0 aromatic rings. The van der Waals surface area contributed by atoms with Crippen molar-refractivity contribution in [2.45, 2.75) is 176 Å². The van der Waals surface area contributed by atoms with Crippen molar-refractivity contribution in [3.8, 4) is 0 Å². The second kappa shape index (κ2) is 19.1. The Hall–Kier alpha value is -0.160. The molecule has 5 atom stereocenters. The highest BCUT2D eigenvalue weighted by Gasteiger charge is 2.34. The summed E-state index contributed by atoms with van der Waals surface area (Å²) in [6.07, 6.45) is 21.7. The Kier molecular flexibility index (Phi) is 16.0. The van der Waals surface area contributed by atoms with Gasteiger partial charge in [-0.25, -0.2) is 0 Å². The van der Waals surface area contributed by atoms with E-state index < -0.39 is 0 Å². The van der Waals surface area contributed by atoms with Crippen LogP contribution in [0.1, 0.15) is 152 Å². The third kappa shape index (κ3) is 14.1. The van der Waals surface area contributed by atoms with Gasteiger partial charge in [0, 0.05) is 43.8 Å². The molecule has 3 saturated heterocycles. The molecule has 4 nitrogen and oxygen atoms in total. The molecule has 3 aliphatic carbocycles. The molecule has 4 heteroatoms. The fraction of sp³-hybridized carbons (Fsp3) is 1.00. The molecule has 0 bridgehead atoms. The zero-order valence-corrected chi connectivity index (χ0v) is 31.7. The fourth-order valence-corrected chi connectivity index (χ4v) is 9.05. The van der Waals surface area contributed by atoms with Gasteiger partial charge in [0.2, 0.25) is 0 Å². The van der Waals surface area contributed by atoms with Gasteiger partial charge in [0.15, 0.2) is 0 Å². The van der Waals surface area contributed by atoms with Crippen LogP contribution in [0.4, 0.5) is 0 Å². The summed E-state index contributed by atoms with van der Waals surface area (Å²) in [6, 6.07) is 3.43. The van der Waals surface area contributed by atoms with Crippen LogP contribution in [0, 0.1) is 41.4 Å². The van der Waals surface area contributed by atoms with Crippen molar-refractivity contribution in [2.24, 2.45) is 41.4 Å². The lowest BCUT2D eigenvalue weighted by molar-refractivity contribution is -0.0164. The van der Waals surface area contributed by atoms with Gasteiger partial charge >= 0.3 is 0 Å². The first-order chi connectivity index (χ1) is 21.6. The van der Waals surface area contributed by atoms with Crippen molar-refractivity contribution >= 4 is 0 Å². The molecule has 5 unspecified atom stereocenters. The maximum absolute atomic E-state index is 5.57. The summed E-state index contributed by atoms with van der Waals surface area (Å²) in [4.78, 5) is 8.35. The maximum atomic E-state index is 5.57. The minimum atomic E-state index is 0.698. The highest BCUT2D eigenvalue weighted by molar-refractivity contribution is 4.88. The van der Waals surface area contributed by atoms with Crippen LogP contribution < -0.4 is 0 Å². The van der Waals surface area contributed by atoms with E-state index in [0.29, 0.717) is 6.04 Å². The topological polar surface area (TPSA) is 19.0 Å². The second-order valence-corrected chi connectivity index (χ2v) is 18.2. The minimum Gasteiger partial charge on any atom is -0.378 e. The normalized spacial score (nSPS) is 32.5. The molecule has 0 N–H and O–H groups in total. The summed E-state index contributed by atoms with van der Waals surface area (Å²) in [5, 5.41) is 0.